The minimum absolute atomic E-state index is 0. The summed E-state index contributed by atoms with van der Waals surface area (Å²) >= 11 is 0. The Labute approximate surface area is 209 Å². The standard InChI is InChI=1S/C20H24N4O6.3ClH/c21-9-2-1-3-10-22-16(26)11-30-14-6-4-5-12-17(14)20(29)24(19(12)28)13-7-8-15(25)23-18(13)27;;;/h4-6,13H,1-3,7-11,21H2,(H,22,26)(H,23,25,27);3*1H. The number of unbranched alkanes of at least 4 members (excludes halogenated alkanes) is 2. The van der Waals surface area contributed by atoms with E-state index >= 15 is 0 Å². The number of rotatable bonds is 9. The number of imide groups is 2. The summed E-state index contributed by atoms with van der Waals surface area (Å²) < 4.78 is 5.50. The van der Waals surface area contributed by atoms with Crippen LogP contribution in [-0.4, -0.2) is 60.2 Å². The van der Waals surface area contributed by atoms with Crippen molar-refractivity contribution < 1.29 is 28.7 Å². The third kappa shape index (κ3) is 7.04. The summed E-state index contributed by atoms with van der Waals surface area (Å²) in [4.78, 5) is 62.0. The Bertz CT molecular complexity index is 899. The SMILES string of the molecule is Cl.Cl.Cl.NCCCCCNC(=O)COc1cccc2c1C(=O)N(C1CCC(=O)NC1=O)C2=O. The molecule has 1 unspecified atom stereocenters. The van der Waals surface area contributed by atoms with Crippen molar-refractivity contribution in [3.05, 3.63) is 29.3 Å². The molecule has 2 heterocycles. The van der Waals surface area contributed by atoms with Gasteiger partial charge in [-0.2, -0.15) is 0 Å². The molecule has 3 rings (SSSR count). The highest BCUT2D eigenvalue weighted by molar-refractivity contribution is 6.24. The molecule has 13 heteroatoms. The molecule has 5 amide bonds. The van der Waals surface area contributed by atoms with E-state index in [1.807, 2.05) is 0 Å². The maximum absolute atomic E-state index is 12.9. The molecular weight excluding hydrogens is 499 g/mol. The summed E-state index contributed by atoms with van der Waals surface area (Å²) in [7, 11) is 0. The fourth-order valence-corrected chi connectivity index (χ4v) is 3.47. The topological polar surface area (TPSA) is 148 Å². The molecule has 0 radical (unpaired) electrons. The smallest absolute Gasteiger partial charge is 0.266 e. The van der Waals surface area contributed by atoms with Gasteiger partial charge in [-0.15, -0.1) is 37.2 Å². The predicted molar refractivity (Wildman–Crippen MR) is 126 cm³/mol. The van der Waals surface area contributed by atoms with E-state index in [9.17, 15) is 24.0 Å². The van der Waals surface area contributed by atoms with E-state index in [0.29, 0.717) is 13.1 Å². The number of hydrogen-bond donors (Lipinski definition) is 3. The highest BCUT2D eigenvalue weighted by Gasteiger charge is 2.46. The maximum Gasteiger partial charge on any atom is 0.266 e. The molecule has 2 aliphatic rings. The van der Waals surface area contributed by atoms with E-state index in [-0.39, 0.29) is 79.5 Å². The van der Waals surface area contributed by atoms with Crippen LogP contribution in [0.15, 0.2) is 18.2 Å². The quantitative estimate of drug-likeness (QED) is 0.321. The lowest BCUT2D eigenvalue weighted by Crippen LogP contribution is -2.54. The summed E-state index contributed by atoms with van der Waals surface area (Å²) in [6.45, 7) is 0.793. The van der Waals surface area contributed by atoms with Crippen LogP contribution in [0.25, 0.3) is 0 Å². The van der Waals surface area contributed by atoms with Crippen LogP contribution in [0.4, 0.5) is 0 Å². The molecule has 1 fully saturated rings. The maximum atomic E-state index is 12.9. The number of fused-ring (bicyclic) bond motifs is 1. The average molecular weight is 526 g/mol. The van der Waals surface area contributed by atoms with Gasteiger partial charge in [-0.3, -0.25) is 34.2 Å². The van der Waals surface area contributed by atoms with Gasteiger partial charge in [0.15, 0.2) is 6.61 Å². The van der Waals surface area contributed by atoms with E-state index in [0.717, 1.165) is 24.2 Å². The summed E-state index contributed by atoms with van der Waals surface area (Å²) in [5.41, 5.74) is 5.54. The van der Waals surface area contributed by atoms with Crippen molar-refractivity contribution in [2.75, 3.05) is 19.7 Å². The fraction of sp³-hybridized carbons (Fsp3) is 0.450. The Hall–Kier alpha value is -2.40. The molecule has 4 N–H and O–H groups in total. The second-order valence-electron chi connectivity index (χ2n) is 7.11. The van der Waals surface area contributed by atoms with Crippen molar-refractivity contribution in [2.45, 2.75) is 38.1 Å². The van der Waals surface area contributed by atoms with Crippen molar-refractivity contribution in [2.24, 2.45) is 5.73 Å². The third-order valence-electron chi connectivity index (χ3n) is 4.99. The molecule has 0 aliphatic carbocycles. The first-order chi connectivity index (χ1) is 14.4. The minimum Gasteiger partial charge on any atom is -0.483 e. The zero-order valence-corrected chi connectivity index (χ0v) is 20.1. The molecule has 0 saturated carbocycles. The van der Waals surface area contributed by atoms with Gasteiger partial charge in [0.1, 0.15) is 11.8 Å². The lowest BCUT2D eigenvalue weighted by atomic mass is 10.0. The highest BCUT2D eigenvalue weighted by Crippen LogP contribution is 2.33. The largest absolute Gasteiger partial charge is 0.483 e. The number of carbonyl (C=O) groups is 5. The van der Waals surface area contributed by atoms with Crippen LogP contribution in [0.3, 0.4) is 0 Å². The predicted octanol–water partition coefficient (Wildman–Crippen LogP) is 0.977. The summed E-state index contributed by atoms with van der Waals surface area (Å²) in [5.74, 6) is -2.68. The Morgan fingerprint density at radius 2 is 1.82 bits per heavy atom. The van der Waals surface area contributed by atoms with Crippen LogP contribution < -0.4 is 21.1 Å². The molecule has 33 heavy (non-hydrogen) atoms. The molecule has 0 spiro atoms. The van der Waals surface area contributed by atoms with Crippen molar-refractivity contribution in [1.29, 1.82) is 0 Å². The van der Waals surface area contributed by atoms with Crippen LogP contribution in [0.2, 0.25) is 0 Å². The number of nitrogens with one attached hydrogen (secondary N) is 2. The summed E-state index contributed by atoms with van der Waals surface area (Å²) in [5, 5.41) is 4.86. The number of halogens is 3. The molecular formula is C20H27Cl3N4O6. The average Bonchev–Trinajstić information content (AvgIpc) is 2.97. The van der Waals surface area contributed by atoms with Crippen LogP contribution in [-0.2, 0) is 14.4 Å². The normalized spacial score (nSPS) is 16.6. The van der Waals surface area contributed by atoms with Gasteiger partial charge in [-0.05, 0) is 37.9 Å². The van der Waals surface area contributed by atoms with Gasteiger partial charge in [0.2, 0.25) is 11.8 Å². The van der Waals surface area contributed by atoms with Gasteiger partial charge in [-0.25, -0.2) is 0 Å². The molecule has 184 valence electrons. The van der Waals surface area contributed by atoms with Crippen LogP contribution in [0, 0.1) is 0 Å². The minimum atomic E-state index is -1.06. The van der Waals surface area contributed by atoms with Crippen molar-refractivity contribution in [3.63, 3.8) is 0 Å². The van der Waals surface area contributed by atoms with E-state index in [4.69, 9.17) is 10.5 Å². The Morgan fingerprint density at radius 1 is 1.09 bits per heavy atom. The first kappa shape index (κ1) is 30.6. The molecule has 10 nitrogen and oxygen atoms in total. The summed E-state index contributed by atoms with van der Waals surface area (Å²) in [6, 6.07) is 3.44. The number of nitrogens with two attached hydrogens (primary N) is 1. The molecule has 1 atom stereocenters. The lowest BCUT2D eigenvalue weighted by molar-refractivity contribution is -0.136. The molecule has 0 bridgehead atoms. The van der Waals surface area contributed by atoms with Crippen LogP contribution in [0.1, 0.15) is 52.8 Å². The van der Waals surface area contributed by atoms with Gasteiger partial charge >= 0.3 is 0 Å². The van der Waals surface area contributed by atoms with E-state index in [2.05, 4.69) is 10.6 Å². The molecule has 1 aromatic carbocycles. The number of amides is 5. The van der Waals surface area contributed by atoms with Gasteiger partial charge in [0.05, 0.1) is 11.1 Å². The van der Waals surface area contributed by atoms with E-state index in [1.165, 1.54) is 18.2 Å². The van der Waals surface area contributed by atoms with E-state index in [1.54, 1.807) is 0 Å². The first-order valence-corrected chi connectivity index (χ1v) is 9.88. The molecule has 0 aromatic heterocycles. The zero-order chi connectivity index (χ0) is 21.7. The summed E-state index contributed by atoms with van der Waals surface area (Å²) in [6.07, 6.45) is 2.72. The third-order valence-corrected chi connectivity index (χ3v) is 4.99. The monoisotopic (exact) mass is 524 g/mol. The Balaban J connectivity index is 0.00000341. The zero-order valence-electron chi connectivity index (χ0n) is 17.7. The Morgan fingerprint density at radius 3 is 2.48 bits per heavy atom. The van der Waals surface area contributed by atoms with Crippen molar-refractivity contribution in [3.8, 4) is 5.75 Å². The molecule has 1 saturated heterocycles. The first-order valence-electron chi connectivity index (χ1n) is 9.88. The number of hydrogen-bond acceptors (Lipinski definition) is 7. The number of benzene rings is 1. The van der Waals surface area contributed by atoms with Gasteiger partial charge in [0, 0.05) is 13.0 Å². The number of carbonyl (C=O) groups excluding carboxylic acids is 5. The number of nitrogens with zero attached hydrogens (tertiary/aromatic N) is 1. The van der Waals surface area contributed by atoms with Crippen molar-refractivity contribution in [1.82, 2.24) is 15.5 Å². The molecule has 1 aromatic rings. The highest BCUT2D eigenvalue weighted by atomic mass is 35.5. The van der Waals surface area contributed by atoms with Gasteiger partial charge in [-0.1, -0.05) is 12.5 Å². The van der Waals surface area contributed by atoms with Gasteiger partial charge in [0.25, 0.3) is 17.7 Å². The number of piperidine rings is 1. The second kappa shape index (κ2) is 14.0. The number of ether oxygens (including phenoxy) is 1. The van der Waals surface area contributed by atoms with E-state index < -0.39 is 29.7 Å². The van der Waals surface area contributed by atoms with Crippen LogP contribution >= 0.6 is 37.2 Å². The lowest BCUT2D eigenvalue weighted by Gasteiger charge is -2.27. The van der Waals surface area contributed by atoms with Crippen LogP contribution in [0.5, 0.6) is 5.75 Å². The second-order valence-corrected chi connectivity index (χ2v) is 7.11. The fourth-order valence-electron chi connectivity index (χ4n) is 3.47. The van der Waals surface area contributed by atoms with Gasteiger partial charge < -0.3 is 15.8 Å². The Kier molecular flexibility index (Phi) is 13.0. The molecule has 2 aliphatic heterocycles. The van der Waals surface area contributed by atoms with Crippen molar-refractivity contribution >= 4 is 66.8 Å².